The van der Waals surface area contributed by atoms with E-state index in [-0.39, 0.29) is 10.8 Å². The number of alkyl halides is 1. The Bertz CT molecular complexity index is 737. The van der Waals surface area contributed by atoms with Crippen LogP contribution in [-0.4, -0.2) is 30.9 Å². The van der Waals surface area contributed by atoms with E-state index in [1.165, 1.54) is 23.5 Å². The van der Waals surface area contributed by atoms with Gasteiger partial charge in [0.2, 0.25) is 5.91 Å². The highest BCUT2D eigenvalue weighted by molar-refractivity contribution is 7.90. The van der Waals surface area contributed by atoms with Gasteiger partial charge in [0.25, 0.3) is 0 Å². The fourth-order valence-electron chi connectivity index (χ4n) is 1.40. The highest BCUT2D eigenvalue weighted by Gasteiger charge is 2.14. The number of amides is 1. The van der Waals surface area contributed by atoms with Crippen LogP contribution in [0, 0.1) is 0 Å². The Morgan fingerprint density at radius 2 is 2.16 bits per heavy atom. The van der Waals surface area contributed by atoms with Gasteiger partial charge in [0, 0.05) is 6.26 Å². The van der Waals surface area contributed by atoms with Crippen LogP contribution in [-0.2, 0) is 14.6 Å². The van der Waals surface area contributed by atoms with Gasteiger partial charge >= 0.3 is 0 Å². The lowest BCUT2D eigenvalue weighted by Crippen LogP contribution is -2.19. The van der Waals surface area contributed by atoms with Crippen molar-refractivity contribution in [3.05, 3.63) is 18.2 Å². The fourth-order valence-corrected chi connectivity index (χ4v) is 2.94. The van der Waals surface area contributed by atoms with Crippen LogP contribution in [0.3, 0.4) is 0 Å². The molecule has 0 fully saturated rings. The van der Waals surface area contributed by atoms with Crippen LogP contribution in [0.1, 0.15) is 6.92 Å². The Labute approximate surface area is 119 Å². The number of anilines is 1. The van der Waals surface area contributed by atoms with Gasteiger partial charge in [-0.25, -0.2) is 13.4 Å². The molecule has 1 N–H and O–H groups in total. The van der Waals surface area contributed by atoms with Crippen molar-refractivity contribution >= 4 is 54.0 Å². The lowest BCUT2D eigenvalue weighted by atomic mass is 10.3. The molecule has 1 aromatic heterocycles. The first-order chi connectivity index (χ1) is 8.77. The normalized spacial score (nSPS) is 13.4. The number of hydrogen-bond acceptors (Lipinski definition) is 5. The summed E-state index contributed by atoms with van der Waals surface area (Å²) in [4.78, 5) is 15.8. The Balaban J connectivity index is 2.39. The summed E-state index contributed by atoms with van der Waals surface area (Å²) >= 11 is 6.91. The zero-order valence-corrected chi connectivity index (χ0v) is 12.6. The average Bonchev–Trinajstić information content (AvgIpc) is 2.68. The van der Waals surface area contributed by atoms with E-state index in [1.54, 1.807) is 13.0 Å². The average molecular weight is 319 g/mol. The molecule has 0 aliphatic rings. The van der Waals surface area contributed by atoms with Crippen molar-refractivity contribution in [2.75, 3.05) is 11.6 Å². The summed E-state index contributed by atoms with van der Waals surface area (Å²) in [6.07, 6.45) is 1.14. The van der Waals surface area contributed by atoms with Crippen molar-refractivity contribution in [3.63, 3.8) is 0 Å². The van der Waals surface area contributed by atoms with Crippen LogP contribution in [0.15, 0.2) is 23.1 Å². The van der Waals surface area contributed by atoms with E-state index in [9.17, 15) is 13.2 Å². The van der Waals surface area contributed by atoms with Crippen molar-refractivity contribution in [2.45, 2.75) is 17.2 Å². The molecule has 2 rings (SSSR count). The monoisotopic (exact) mass is 318 g/mol. The number of hydrogen-bond donors (Lipinski definition) is 1. The van der Waals surface area contributed by atoms with E-state index in [2.05, 4.69) is 10.3 Å². The lowest BCUT2D eigenvalue weighted by molar-refractivity contribution is -0.115. The molecule has 2 aromatic rings. The number of thiazole rings is 1. The molecule has 0 radical (unpaired) electrons. The van der Waals surface area contributed by atoms with Gasteiger partial charge in [-0.15, -0.1) is 11.6 Å². The first-order valence-electron chi connectivity index (χ1n) is 5.33. The second-order valence-corrected chi connectivity index (χ2v) is 7.73. The van der Waals surface area contributed by atoms with E-state index in [1.807, 2.05) is 0 Å². The zero-order chi connectivity index (χ0) is 14.2. The predicted octanol–water partition coefficient (Wildman–Crippen LogP) is 2.27. The van der Waals surface area contributed by atoms with Gasteiger partial charge in [-0.2, -0.15) is 0 Å². The standard InChI is InChI=1S/C11H11ClN2O3S2/c1-6(12)10(15)14-11-13-8-5-7(19(2,16)17)3-4-9(8)18-11/h3-6H,1-2H3,(H,13,14,15)/t6-/m1/s1. The van der Waals surface area contributed by atoms with Gasteiger partial charge in [-0.3, -0.25) is 4.79 Å². The molecule has 1 aromatic carbocycles. The van der Waals surface area contributed by atoms with Gasteiger partial charge in [0.15, 0.2) is 15.0 Å². The number of halogens is 1. The van der Waals surface area contributed by atoms with Crippen molar-refractivity contribution in [3.8, 4) is 0 Å². The summed E-state index contributed by atoms with van der Waals surface area (Å²) < 4.78 is 23.7. The maximum Gasteiger partial charge on any atom is 0.243 e. The molecule has 8 heteroatoms. The number of benzene rings is 1. The number of rotatable bonds is 3. The van der Waals surface area contributed by atoms with E-state index < -0.39 is 15.2 Å². The van der Waals surface area contributed by atoms with E-state index in [4.69, 9.17) is 11.6 Å². The Morgan fingerprint density at radius 3 is 2.74 bits per heavy atom. The maximum atomic E-state index is 11.4. The minimum atomic E-state index is -3.27. The number of nitrogens with one attached hydrogen (secondary N) is 1. The van der Waals surface area contributed by atoms with Crippen molar-refractivity contribution < 1.29 is 13.2 Å². The molecule has 0 aliphatic heterocycles. The van der Waals surface area contributed by atoms with Crippen molar-refractivity contribution in [1.29, 1.82) is 0 Å². The largest absolute Gasteiger partial charge is 0.301 e. The minimum absolute atomic E-state index is 0.203. The van der Waals surface area contributed by atoms with Crippen LogP contribution in [0.2, 0.25) is 0 Å². The molecular formula is C11H11ClN2O3S2. The van der Waals surface area contributed by atoms with Gasteiger partial charge in [0.05, 0.1) is 15.1 Å². The molecule has 0 spiro atoms. The molecule has 1 atom stereocenters. The summed E-state index contributed by atoms with van der Waals surface area (Å²) in [6.45, 7) is 1.56. The van der Waals surface area contributed by atoms with Crippen LogP contribution in [0.25, 0.3) is 10.2 Å². The number of fused-ring (bicyclic) bond motifs is 1. The van der Waals surface area contributed by atoms with E-state index >= 15 is 0 Å². The number of sulfone groups is 1. The predicted molar refractivity (Wildman–Crippen MR) is 76.7 cm³/mol. The fraction of sp³-hybridized carbons (Fsp3) is 0.273. The van der Waals surface area contributed by atoms with E-state index in [0.29, 0.717) is 10.6 Å². The van der Waals surface area contributed by atoms with Crippen molar-refractivity contribution in [1.82, 2.24) is 4.98 Å². The molecule has 0 saturated heterocycles. The molecule has 19 heavy (non-hydrogen) atoms. The summed E-state index contributed by atoms with van der Waals surface area (Å²) in [5, 5.41) is 2.32. The SMILES string of the molecule is C[C@@H](Cl)C(=O)Nc1nc2cc(S(C)(=O)=O)ccc2s1. The van der Waals surface area contributed by atoms with Gasteiger partial charge in [-0.1, -0.05) is 11.3 Å². The third-order valence-corrected chi connectivity index (χ3v) is 4.64. The van der Waals surface area contributed by atoms with Crippen LogP contribution >= 0.6 is 22.9 Å². The van der Waals surface area contributed by atoms with Gasteiger partial charge in [-0.05, 0) is 25.1 Å². The topological polar surface area (TPSA) is 76.1 Å². The van der Waals surface area contributed by atoms with Crippen LogP contribution < -0.4 is 5.32 Å². The summed E-state index contributed by atoms with van der Waals surface area (Å²) in [5.41, 5.74) is 0.533. The number of carbonyl (C=O) groups is 1. The maximum absolute atomic E-state index is 11.4. The molecule has 1 amide bonds. The molecule has 102 valence electrons. The molecule has 0 bridgehead atoms. The van der Waals surface area contributed by atoms with Crippen molar-refractivity contribution in [2.24, 2.45) is 0 Å². The van der Waals surface area contributed by atoms with Gasteiger partial charge < -0.3 is 5.32 Å². The molecule has 0 unspecified atom stereocenters. The highest BCUT2D eigenvalue weighted by atomic mass is 35.5. The number of carbonyl (C=O) groups excluding carboxylic acids is 1. The third-order valence-electron chi connectivity index (χ3n) is 2.38. The summed E-state index contributed by atoms with van der Waals surface area (Å²) in [6, 6.07) is 4.68. The zero-order valence-electron chi connectivity index (χ0n) is 10.2. The first kappa shape index (κ1) is 14.2. The molecule has 0 aliphatic carbocycles. The third kappa shape index (κ3) is 3.23. The number of nitrogens with zero attached hydrogens (tertiary/aromatic N) is 1. The smallest absolute Gasteiger partial charge is 0.243 e. The molecule has 0 saturated carbocycles. The second-order valence-electron chi connectivity index (χ2n) is 4.03. The molecular weight excluding hydrogens is 308 g/mol. The summed E-state index contributed by atoms with van der Waals surface area (Å²) in [5.74, 6) is -0.343. The Morgan fingerprint density at radius 1 is 1.47 bits per heavy atom. The highest BCUT2D eigenvalue weighted by Crippen LogP contribution is 2.28. The number of aromatic nitrogens is 1. The van der Waals surface area contributed by atoms with E-state index in [0.717, 1.165) is 11.0 Å². The van der Waals surface area contributed by atoms with Gasteiger partial charge in [0.1, 0.15) is 5.38 Å². The Hall–Kier alpha value is -1.18. The van der Waals surface area contributed by atoms with Crippen LogP contribution in [0.5, 0.6) is 0 Å². The minimum Gasteiger partial charge on any atom is -0.301 e. The molecule has 1 heterocycles. The summed E-state index contributed by atoms with van der Waals surface area (Å²) in [7, 11) is -3.27. The Kier molecular flexibility index (Phi) is 3.80. The quantitative estimate of drug-likeness (QED) is 0.881. The lowest BCUT2D eigenvalue weighted by Gasteiger charge is -2.01. The molecule has 5 nitrogen and oxygen atoms in total. The first-order valence-corrected chi connectivity index (χ1v) is 8.47. The van der Waals surface area contributed by atoms with Crippen LogP contribution in [0.4, 0.5) is 5.13 Å². The second kappa shape index (κ2) is 5.07.